The topological polar surface area (TPSA) is 55.0 Å². The molecule has 0 unspecified atom stereocenters. The first-order valence-corrected chi connectivity index (χ1v) is 7.76. The second kappa shape index (κ2) is 7.56. The fourth-order valence-corrected chi connectivity index (χ4v) is 2.37. The van der Waals surface area contributed by atoms with Crippen molar-refractivity contribution < 1.29 is 22.0 Å². The fourth-order valence-electron chi connectivity index (χ4n) is 2.18. The van der Waals surface area contributed by atoms with E-state index in [1.165, 1.54) is 18.7 Å². The molecular formula is C16H12F4N4OS. The molecule has 5 nitrogen and oxygen atoms in total. The lowest BCUT2D eigenvalue weighted by atomic mass is 10.2. The van der Waals surface area contributed by atoms with E-state index in [0.29, 0.717) is 24.1 Å². The van der Waals surface area contributed by atoms with Gasteiger partial charge in [0.05, 0.1) is 31.2 Å². The van der Waals surface area contributed by atoms with E-state index < -0.39 is 35.4 Å². The van der Waals surface area contributed by atoms with Crippen molar-refractivity contribution in [3.05, 3.63) is 71.4 Å². The molecule has 0 saturated heterocycles. The van der Waals surface area contributed by atoms with Crippen LogP contribution in [0.1, 0.15) is 11.3 Å². The molecule has 136 valence electrons. The minimum atomic E-state index is -1.73. The summed E-state index contributed by atoms with van der Waals surface area (Å²) < 4.78 is 59.9. The van der Waals surface area contributed by atoms with Gasteiger partial charge in [-0.3, -0.25) is 4.68 Å². The smallest absolute Gasteiger partial charge is 0.194 e. The number of nitrogens with one attached hydrogen (secondary N) is 2. The number of hydrogen-bond donors (Lipinski definition) is 2. The number of nitrogens with zero attached hydrogens (tertiary/aromatic N) is 2. The number of anilines is 1. The van der Waals surface area contributed by atoms with Gasteiger partial charge >= 0.3 is 0 Å². The van der Waals surface area contributed by atoms with Crippen molar-refractivity contribution in [1.29, 1.82) is 0 Å². The van der Waals surface area contributed by atoms with Crippen LogP contribution in [0.25, 0.3) is 0 Å². The number of aromatic nitrogens is 2. The maximum absolute atomic E-state index is 13.7. The highest BCUT2D eigenvalue weighted by Gasteiger charge is 2.19. The Morgan fingerprint density at radius 1 is 1.19 bits per heavy atom. The van der Waals surface area contributed by atoms with Crippen LogP contribution in [0.5, 0.6) is 0 Å². The summed E-state index contributed by atoms with van der Waals surface area (Å²) in [5, 5.41) is 9.93. The number of benzene rings is 1. The molecule has 0 saturated carbocycles. The molecule has 0 amide bonds. The molecule has 0 atom stereocenters. The Balaban J connectivity index is 1.63. The van der Waals surface area contributed by atoms with E-state index in [0.717, 1.165) is 4.68 Å². The van der Waals surface area contributed by atoms with E-state index in [-0.39, 0.29) is 5.11 Å². The standard InChI is InChI=1S/C16H12F4N4OS/c17-12-4-13(18)15(20)14(19)11(12)8-24-7-9(5-22-24)23-16(26)21-6-10-2-1-3-25-10/h1-5,7H,6,8H2,(H2,21,23,26). The molecule has 0 aliphatic heterocycles. The lowest BCUT2D eigenvalue weighted by Crippen LogP contribution is -2.27. The van der Waals surface area contributed by atoms with Crippen LogP contribution >= 0.6 is 12.2 Å². The van der Waals surface area contributed by atoms with E-state index >= 15 is 0 Å². The van der Waals surface area contributed by atoms with Gasteiger partial charge in [-0.15, -0.1) is 0 Å². The molecule has 0 aliphatic rings. The molecule has 0 aliphatic carbocycles. The van der Waals surface area contributed by atoms with Crippen LogP contribution in [-0.4, -0.2) is 14.9 Å². The Labute approximate surface area is 150 Å². The quantitative estimate of drug-likeness (QED) is 0.305. The van der Waals surface area contributed by atoms with Crippen LogP contribution in [0.2, 0.25) is 0 Å². The third-order valence-electron chi connectivity index (χ3n) is 3.42. The Bertz CT molecular complexity index is 927. The lowest BCUT2D eigenvalue weighted by Gasteiger charge is -2.08. The van der Waals surface area contributed by atoms with Crippen LogP contribution in [0.4, 0.5) is 23.2 Å². The number of halogens is 4. The van der Waals surface area contributed by atoms with Crippen LogP contribution < -0.4 is 10.6 Å². The van der Waals surface area contributed by atoms with E-state index in [9.17, 15) is 17.6 Å². The van der Waals surface area contributed by atoms with Crippen LogP contribution in [0.3, 0.4) is 0 Å². The second-order valence-electron chi connectivity index (χ2n) is 5.26. The Hall–Kier alpha value is -2.88. The normalized spacial score (nSPS) is 10.8. The van der Waals surface area contributed by atoms with Crippen molar-refractivity contribution in [2.45, 2.75) is 13.1 Å². The molecule has 1 aromatic carbocycles. The molecule has 0 fully saturated rings. The van der Waals surface area contributed by atoms with Gasteiger partial charge in [-0.25, -0.2) is 17.6 Å². The first-order chi connectivity index (χ1) is 12.4. The van der Waals surface area contributed by atoms with Crippen LogP contribution in [0, 0.1) is 23.3 Å². The maximum Gasteiger partial charge on any atom is 0.194 e. The summed E-state index contributed by atoms with van der Waals surface area (Å²) in [6, 6.07) is 3.82. The summed E-state index contributed by atoms with van der Waals surface area (Å²) in [6.45, 7) is -0.0403. The van der Waals surface area contributed by atoms with Crippen molar-refractivity contribution in [3.8, 4) is 0 Å². The van der Waals surface area contributed by atoms with Gasteiger partial charge in [0, 0.05) is 17.8 Å². The SMILES string of the molecule is Fc1cc(F)c(Cn2cc(NC(=S)NCc3ccco3)cn2)c(F)c1F. The Morgan fingerprint density at radius 3 is 2.73 bits per heavy atom. The highest BCUT2D eigenvalue weighted by Crippen LogP contribution is 2.20. The molecule has 3 rings (SSSR count). The molecular weight excluding hydrogens is 372 g/mol. The molecule has 3 aromatic rings. The van der Waals surface area contributed by atoms with Gasteiger partial charge in [0.15, 0.2) is 22.6 Å². The number of thiocarbonyl (C=S) groups is 1. The van der Waals surface area contributed by atoms with Crippen molar-refractivity contribution in [2.75, 3.05) is 5.32 Å². The molecule has 0 bridgehead atoms. The summed E-state index contributed by atoms with van der Waals surface area (Å²) in [6.07, 6.45) is 4.33. The zero-order chi connectivity index (χ0) is 18.7. The molecule has 2 N–H and O–H groups in total. The van der Waals surface area contributed by atoms with Crippen LogP contribution in [-0.2, 0) is 13.1 Å². The molecule has 0 spiro atoms. The van der Waals surface area contributed by atoms with Crippen molar-refractivity contribution in [3.63, 3.8) is 0 Å². The third kappa shape index (κ3) is 4.02. The molecule has 10 heteroatoms. The average molecular weight is 384 g/mol. The van der Waals surface area contributed by atoms with Gasteiger partial charge in [-0.2, -0.15) is 5.10 Å². The summed E-state index contributed by atoms with van der Waals surface area (Å²) in [4.78, 5) is 0. The van der Waals surface area contributed by atoms with Gasteiger partial charge in [-0.1, -0.05) is 0 Å². The first kappa shape index (κ1) is 17.9. The predicted octanol–water partition coefficient (Wildman–Crippen LogP) is 3.57. The zero-order valence-corrected chi connectivity index (χ0v) is 13.9. The largest absolute Gasteiger partial charge is 0.467 e. The first-order valence-electron chi connectivity index (χ1n) is 7.35. The van der Waals surface area contributed by atoms with Gasteiger partial charge < -0.3 is 15.1 Å². The van der Waals surface area contributed by atoms with E-state index in [4.69, 9.17) is 16.6 Å². The summed E-state index contributed by atoms with van der Waals surface area (Å²) in [5.74, 6) is -5.39. The van der Waals surface area contributed by atoms with Crippen molar-refractivity contribution >= 4 is 23.0 Å². The average Bonchev–Trinajstić information content (AvgIpc) is 3.27. The Kier molecular flexibility index (Phi) is 5.21. The highest BCUT2D eigenvalue weighted by atomic mass is 32.1. The predicted molar refractivity (Wildman–Crippen MR) is 89.4 cm³/mol. The van der Waals surface area contributed by atoms with E-state index in [1.54, 1.807) is 12.1 Å². The minimum absolute atomic E-state index is 0.283. The maximum atomic E-state index is 13.7. The van der Waals surface area contributed by atoms with E-state index in [2.05, 4.69) is 15.7 Å². The summed E-state index contributed by atoms with van der Waals surface area (Å²) in [5.41, 5.74) is -0.178. The Morgan fingerprint density at radius 2 is 2.00 bits per heavy atom. The van der Waals surface area contributed by atoms with Crippen molar-refractivity contribution in [2.24, 2.45) is 0 Å². The monoisotopic (exact) mass is 384 g/mol. The molecule has 2 heterocycles. The summed E-state index contributed by atoms with van der Waals surface area (Å²) in [7, 11) is 0. The van der Waals surface area contributed by atoms with Gasteiger partial charge in [0.1, 0.15) is 11.6 Å². The fraction of sp³-hybridized carbons (Fsp3) is 0.125. The molecule has 0 radical (unpaired) electrons. The third-order valence-corrected chi connectivity index (χ3v) is 3.67. The number of hydrogen-bond acceptors (Lipinski definition) is 3. The number of furan rings is 1. The minimum Gasteiger partial charge on any atom is -0.467 e. The lowest BCUT2D eigenvalue weighted by molar-refractivity contribution is 0.420. The number of rotatable bonds is 5. The van der Waals surface area contributed by atoms with Crippen LogP contribution in [0.15, 0.2) is 41.3 Å². The van der Waals surface area contributed by atoms with Crippen molar-refractivity contribution in [1.82, 2.24) is 15.1 Å². The second-order valence-corrected chi connectivity index (χ2v) is 5.67. The highest BCUT2D eigenvalue weighted by molar-refractivity contribution is 7.80. The molecule has 2 aromatic heterocycles. The van der Waals surface area contributed by atoms with Gasteiger partial charge in [0.25, 0.3) is 0 Å². The summed E-state index contributed by atoms with van der Waals surface area (Å²) >= 11 is 5.11. The zero-order valence-electron chi connectivity index (χ0n) is 13.1. The van der Waals surface area contributed by atoms with E-state index in [1.807, 2.05) is 0 Å². The van der Waals surface area contributed by atoms with Gasteiger partial charge in [0.2, 0.25) is 0 Å². The van der Waals surface area contributed by atoms with Gasteiger partial charge in [-0.05, 0) is 24.4 Å². The molecule has 26 heavy (non-hydrogen) atoms.